The van der Waals surface area contributed by atoms with E-state index in [1.165, 1.54) is 0 Å². The SMILES string of the molecule is Cc1cc(-c2nn(C3CCCC3)c(N)c2C(N)=O)ccc1CNC(=O)c1ccccc1C. The van der Waals surface area contributed by atoms with E-state index in [9.17, 15) is 9.59 Å². The van der Waals surface area contributed by atoms with E-state index >= 15 is 0 Å². The van der Waals surface area contributed by atoms with Gasteiger partial charge in [0.1, 0.15) is 17.1 Å². The smallest absolute Gasteiger partial charge is 0.254 e. The minimum atomic E-state index is -0.575. The summed E-state index contributed by atoms with van der Waals surface area (Å²) in [4.78, 5) is 24.7. The minimum Gasteiger partial charge on any atom is -0.383 e. The fourth-order valence-corrected chi connectivity index (χ4v) is 4.46. The van der Waals surface area contributed by atoms with Gasteiger partial charge in [-0.2, -0.15) is 5.10 Å². The van der Waals surface area contributed by atoms with Gasteiger partial charge in [0.15, 0.2) is 0 Å². The highest BCUT2D eigenvalue weighted by molar-refractivity contribution is 6.03. The normalized spacial score (nSPS) is 13.9. The highest BCUT2D eigenvalue weighted by atomic mass is 16.2. The highest BCUT2D eigenvalue weighted by Crippen LogP contribution is 2.35. The lowest BCUT2D eigenvalue weighted by molar-refractivity contribution is 0.0949. The summed E-state index contributed by atoms with van der Waals surface area (Å²) in [6, 6.07) is 13.5. The van der Waals surface area contributed by atoms with E-state index in [0.29, 0.717) is 23.6 Å². The molecule has 166 valence electrons. The van der Waals surface area contributed by atoms with E-state index in [-0.39, 0.29) is 17.5 Å². The maximum atomic E-state index is 12.5. The first kappa shape index (κ1) is 21.6. The van der Waals surface area contributed by atoms with Gasteiger partial charge in [-0.25, -0.2) is 4.68 Å². The maximum Gasteiger partial charge on any atom is 0.254 e. The Morgan fingerprint density at radius 2 is 1.81 bits per heavy atom. The van der Waals surface area contributed by atoms with E-state index < -0.39 is 5.91 Å². The summed E-state index contributed by atoms with van der Waals surface area (Å²) in [5, 5.41) is 7.68. The summed E-state index contributed by atoms with van der Waals surface area (Å²) in [7, 11) is 0. The Morgan fingerprint density at radius 3 is 2.47 bits per heavy atom. The van der Waals surface area contributed by atoms with Crippen LogP contribution in [0, 0.1) is 13.8 Å². The second-order valence-corrected chi connectivity index (χ2v) is 8.49. The number of hydrogen-bond acceptors (Lipinski definition) is 4. The first-order chi connectivity index (χ1) is 15.4. The predicted octanol–water partition coefficient (Wildman–Crippen LogP) is 3.89. The zero-order valence-electron chi connectivity index (χ0n) is 18.5. The number of aryl methyl sites for hydroxylation is 2. The molecule has 1 aliphatic rings. The molecule has 1 fully saturated rings. The molecule has 0 unspecified atom stereocenters. The number of carbonyl (C=O) groups excluding carboxylic acids is 2. The first-order valence-electron chi connectivity index (χ1n) is 11.0. The summed E-state index contributed by atoms with van der Waals surface area (Å²) in [6.45, 7) is 4.29. The van der Waals surface area contributed by atoms with Gasteiger partial charge in [-0.05, 0) is 55.5 Å². The fourth-order valence-electron chi connectivity index (χ4n) is 4.46. The molecule has 2 amide bonds. The summed E-state index contributed by atoms with van der Waals surface area (Å²) in [6.07, 6.45) is 4.27. The van der Waals surface area contributed by atoms with Crippen LogP contribution in [0.1, 0.15) is 69.1 Å². The molecule has 0 atom stereocenters. The number of anilines is 1. The van der Waals surface area contributed by atoms with Gasteiger partial charge in [-0.15, -0.1) is 0 Å². The molecular formula is C25H29N5O2. The molecule has 3 aromatic rings. The minimum absolute atomic E-state index is 0.106. The second-order valence-electron chi connectivity index (χ2n) is 8.49. The van der Waals surface area contributed by atoms with Crippen LogP contribution in [0.2, 0.25) is 0 Å². The molecule has 1 aromatic heterocycles. The molecule has 32 heavy (non-hydrogen) atoms. The summed E-state index contributed by atoms with van der Waals surface area (Å²) >= 11 is 0. The fraction of sp³-hybridized carbons (Fsp3) is 0.320. The van der Waals surface area contributed by atoms with E-state index in [1.54, 1.807) is 4.68 Å². The van der Waals surface area contributed by atoms with Crippen molar-refractivity contribution < 1.29 is 9.59 Å². The third-order valence-corrected chi connectivity index (χ3v) is 6.31. The Kier molecular flexibility index (Phi) is 5.99. The van der Waals surface area contributed by atoms with Crippen LogP contribution in [0.4, 0.5) is 5.82 Å². The van der Waals surface area contributed by atoms with E-state index in [1.807, 2.05) is 56.3 Å². The highest BCUT2D eigenvalue weighted by Gasteiger charge is 2.27. The second kappa shape index (κ2) is 8.86. The van der Waals surface area contributed by atoms with Crippen LogP contribution >= 0.6 is 0 Å². The number of nitrogen functional groups attached to an aromatic ring is 1. The van der Waals surface area contributed by atoms with Crippen molar-refractivity contribution in [3.05, 3.63) is 70.3 Å². The quantitative estimate of drug-likeness (QED) is 0.549. The Balaban J connectivity index is 1.58. The van der Waals surface area contributed by atoms with Crippen molar-refractivity contribution in [2.45, 2.75) is 52.1 Å². The van der Waals surface area contributed by atoms with Gasteiger partial charge >= 0.3 is 0 Å². The van der Waals surface area contributed by atoms with Crippen LogP contribution < -0.4 is 16.8 Å². The van der Waals surface area contributed by atoms with Crippen LogP contribution in [0.3, 0.4) is 0 Å². The summed E-state index contributed by atoms with van der Waals surface area (Å²) in [5.74, 6) is -0.341. The molecule has 0 bridgehead atoms. The van der Waals surface area contributed by atoms with Gasteiger partial charge in [0, 0.05) is 17.7 Å². The van der Waals surface area contributed by atoms with Gasteiger partial charge < -0.3 is 16.8 Å². The van der Waals surface area contributed by atoms with E-state index in [0.717, 1.165) is 47.9 Å². The number of rotatable bonds is 6. The molecular weight excluding hydrogens is 402 g/mol. The number of primary amides is 1. The maximum absolute atomic E-state index is 12.5. The van der Waals surface area contributed by atoms with Gasteiger partial charge in [-0.3, -0.25) is 9.59 Å². The molecule has 0 spiro atoms. The van der Waals surface area contributed by atoms with Crippen molar-refractivity contribution in [1.29, 1.82) is 0 Å². The third kappa shape index (κ3) is 4.10. The lowest BCUT2D eigenvalue weighted by Crippen LogP contribution is -2.24. The number of nitrogens with one attached hydrogen (secondary N) is 1. The van der Waals surface area contributed by atoms with Crippen LogP contribution in [0.5, 0.6) is 0 Å². The van der Waals surface area contributed by atoms with Crippen LogP contribution in [0.25, 0.3) is 11.3 Å². The molecule has 7 nitrogen and oxygen atoms in total. The van der Waals surface area contributed by atoms with Gasteiger partial charge in [0.25, 0.3) is 11.8 Å². The molecule has 1 saturated carbocycles. The lowest BCUT2D eigenvalue weighted by Gasteiger charge is -2.11. The topological polar surface area (TPSA) is 116 Å². The number of nitrogens with two attached hydrogens (primary N) is 2. The van der Waals surface area contributed by atoms with Crippen molar-refractivity contribution in [2.75, 3.05) is 5.73 Å². The van der Waals surface area contributed by atoms with Crippen LogP contribution in [-0.2, 0) is 6.54 Å². The monoisotopic (exact) mass is 431 g/mol. The van der Waals surface area contributed by atoms with Gasteiger partial charge in [-0.1, -0.05) is 43.2 Å². The van der Waals surface area contributed by atoms with Crippen molar-refractivity contribution in [1.82, 2.24) is 15.1 Å². The first-order valence-corrected chi connectivity index (χ1v) is 11.0. The standard InChI is InChI=1S/C25H29N5O2/c1-15-7-3-6-10-20(15)25(32)28-14-18-12-11-17(13-16(18)2)22-21(24(27)31)23(26)30(29-22)19-8-4-5-9-19/h3,6-7,10-13,19H,4-5,8-9,14,26H2,1-2H3,(H2,27,31)(H,28,32). The molecule has 1 heterocycles. The molecule has 0 saturated heterocycles. The Hall–Kier alpha value is -3.61. The number of nitrogens with zero attached hydrogens (tertiary/aromatic N) is 2. The molecule has 2 aromatic carbocycles. The average molecular weight is 432 g/mol. The van der Waals surface area contributed by atoms with Gasteiger partial charge in [0.05, 0.1) is 6.04 Å². The number of benzene rings is 2. The number of aromatic nitrogens is 2. The third-order valence-electron chi connectivity index (χ3n) is 6.31. The number of amides is 2. The Bertz CT molecular complexity index is 1180. The van der Waals surface area contributed by atoms with Crippen molar-refractivity contribution >= 4 is 17.6 Å². The Labute approximate surface area is 187 Å². The van der Waals surface area contributed by atoms with Crippen molar-refractivity contribution in [3.63, 3.8) is 0 Å². The molecule has 4 rings (SSSR count). The zero-order chi connectivity index (χ0) is 22.8. The van der Waals surface area contributed by atoms with Crippen molar-refractivity contribution in [3.8, 4) is 11.3 Å². The molecule has 0 aliphatic heterocycles. The zero-order valence-corrected chi connectivity index (χ0v) is 18.5. The molecule has 1 aliphatic carbocycles. The van der Waals surface area contributed by atoms with Crippen LogP contribution in [-0.4, -0.2) is 21.6 Å². The Morgan fingerprint density at radius 1 is 1.09 bits per heavy atom. The lowest BCUT2D eigenvalue weighted by atomic mass is 10.0. The number of carbonyl (C=O) groups is 2. The summed E-state index contributed by atoms with van der Waals surface area (Å²) < 4.78 is 1.77. The predicted molar refractivity (Wildman–Crippen MR) is 125 cm³/mol. The number of hydrogen-bond donors (Lipinski definition) is 3. The van der Waals surface area contributed by atoms with E-state index in [4.69, 9.17) is 16.6 Å². The summed E-state index contributed by atoms with van der Waals surface area (Å²) in [5.41, 5.74) is 17.1. The largest absolute Gasteiger partial charge is 0.383 e. The molecule has 0 radical (unpaired) electrons. The van der Waals surface area contributed by atoms with Crippen molar-refractivity contribution in [2.24, 2.45) is 5.73 Å². The molecule has 7 heteroatoms. The average Bonchev–Trinajstić information content (AvgIpc) is 3.40. The molecule has 5 N–H and O–H groups in total. The van der Waals surface area contributed by atoms with Gasteiger partial charge in [0.2, 0.25) is 0 Å². The van der Waals surface area contributed by atoms with E-state index in [2.05, 4.69) is 5.32 Å². The van der Waals surface area contributed by atoms with Crippen LogP contribution in [0.15, 0.2) is 42.5 Å².